The molecule has 0 aliphatic carbocycles. The maximum absolute atomic E-state index is 12.8. The number of piperidine rings is 1. The first-order chi connectivity index (χ1) is 11.0. The monoisotopic (exact) mass is 353 g/mol. The summed E-state index contributed by atoms with van der Waals surface area (Å²) in [5.41, 5.74) is 6.49. The average molecular weight is 354 g/mol. The molecule has 2 rings (SSSR count). The fourth-order valence-corrected chi connectivity index (χ4v) is 2.81. The number of likely N-dealkylation sites (tertiary alicyclic amines) is 1. The zero-order valence-corrected chi connectivity index (χ0v) is 15.2. The molecule has 0 saturated carbocycles. The number of nitrogens with two attached hydrogens (primary N) is 1. The van der Waals surface area contributed by atoms with Gasteiger partial charge in [0.1, 0.15) is 6.04 Å². The van der Waals surface area contributed by atoms with Crippen LogP contribution in [0.2, 0.25) is 0 Å². The van der Waals surface area contributed by atoms with Gasteiger partial charge in [0, 0.05) is 24.7 Å². The molecule has 3 N–H and O–H groups in total. The minimum atomic E-state index is -0.484. The lowest BCUT2D eigenvalue weighted by molar-refractivity contribution is -0.135. The standard InChI is InChI=1S/C18H27N3O2.ClH/c1-3-13(2)16(18(23)21-11-9-15(19)10-12-21)20-17(22)14-7-5-4-6-8-14;/h4-8,13,15-16H,3,9-12,19H2,1-2H3,(H,20,22);1H. The Hall–Kier alpha value is -1.59. The third-order valence-corrected chi connectivity index (χ3v) is 4.65. The van der Waals surface area contributed by atoms with Gasteiger partial charge in [0.2, 0.25) is 5.91 Å². The molecular weight excluding hydrogens is 326 g/mol. The van der Waals surface area contributed by atoms with E-state index in [0.717, 1.165) is 19.3 Å². The maximum Gasteiger partial charge on any atom is 0.251 e. The van der Waals surface area contributed by atoms with Crippen LogP contribution >= 0.6 is 12.4 Å². The molecule has 1 aliphatic rings. The third-order valence-electron chi connectivity index (χ3n) is 4.65. The molecule has 2 atom stereocenters. The minimum absolute atomic E-state index is 0. The van der Waals surface area contributed by atoms with Gasteiger partial charge in [-0.2, -0.15) is 0 Å². The lowest BCUT2D eigenvalue weighted by Gasteiger charge is -2.34. The molecule has 1 heterocycles. The van der Waals surface area contributed by atoms with E-state index in [0.29, 0.717) is 18.7 Å². The van der Waals surface area contributed by atoms with Gasteiger partial charge in [-0.25, -0.2) is 0 Å². The summed E-state index contributed by atoms with van der Waals surface area (Å²) in [4.78, 5) is 27.1. The average Bonchev–Trinajstić information content (AvgIpc) is 2.59. The van der Waals surface area contributed by atoms with Gasteiger partial charge in [0.25, 0.3) is 5.91 Å². The molecule has 5 nitrogen and oxygen atoms in total. The van der Waals surface area contributed by atoms with Crippen LogP contribution in [0, 0.1) is 5.92 Å². The number of nitrogens with one attached hydrogen (secondary N) is 1. The van der Waals surface area contributed by atoms with Crippen LogP contribution in [-0.4, -0.2) is 41.9 Å². The molecule has 2 unspecified atom stereocenters. The summed E-state index contributed by atoms with van der Waals surface area (Å²) >= 11 is 0. The first-order valence-electron chi connectivity index (χ1n) is 8.43. The van der Waals surface area contributed by atoms with E-state index in [1.165, 1.54) is 0 Å². The van der Waals surface area contributed by atoms with Crippen molar-refractivity contribution in [2.24, 2.45) is 11.7 Å². The van der Waals surface area contributed by atoms with E-state index in [1.807, 2.05) is 36.9 Å². The number of rotatable bonds is 5. The van der Waals surface area contributed by atoms with Gasteiger partial charge in [-0.05, 0) is 30.9 Å². The van der Waals surface area contributed by atoms with Gasteiger partial charge >= 0.3 is 0 Å². The second kappa shape index (κ2) is 9.64. The zero-order valence-electron chi connectivity index (χ0n) is 14.4. The Morgan fingerprint density at radius 1 is 1.25 bits per heavy atom. The van der Waals surface area contributed by atoms with Crippen molar-refractivity contribution in [2.45, 2.75) is 45.2 Å². The van der Waals surface area contributed by atoms with E-state index in [4.69, 9.17) is 5.73 Å². The molecule has 6 heteroatoms. The Balaban J connectivity index is 0.00000288. The van der Waals surface area contributed by atoms with Crippen molar-refractivity contribution in [1.82, 2.24) is 10.2 Å². The van der Waals surface area contributed by atoms with Crippen molar-refractivity contribution >= 4 is 24.2 Å². The number of benzene rings is 1. The number of amides is 2. The predicted molar refractivity (Wildman–Crippen MR) is 98.2 cm³/mol. The van der Waals surface area contributed by atoms with E-state index in [9.17, 15) is 9.59 Å². The number of carbonyl (C=O) groups is 2. The molecule has 1 fully saturated rings. The van der Waals surface area contributed by atoms with E-state index in [1.54, 1.807) is 12.1 Å². The summed E-state index contributed by atoms with van der Waals surface area (Å²) in [7, 11) is 0. The highest BCUT2D eigenvalue weighted by Gasteiger charge is 2.31. The summed E-state index contributed by atoms with van der Waals surface area (Å²) in [6.07, 6.45) is 2.48. The number of nitrogens with zero attached hydrogens (tertiary/aromatic N) is 1. The second-order valence-electron chi connectivity index (χ2n) is 6.37. The first-order valence-corrected chi connectivity index (χ1v) is 8.43. The molecule has 0 spiro atoms. The summed E-state index contributed by atoms with van der Waals surface area (Å²) in [6, 6.07) is 8.72. The lowest BCUT2D eigenvalue weighted by Crippen LogP contribution is -2.54. The van der Waals surface area contributed by atoms with Gasteiger partial charge in [-0.3, -0.25) is 9.59 Å². The molecule has 24 heavy (non-hydrogen) atoms. The summed E-state index contributed by atoms with van der Waals surface area (Å²) < 4.78 is 0. The quantitative estimate of drug-likeness (QED) is 0.852. The Morgan fingerprint density at radius 2 is 1.83 bits per heavy atom. The smallest absolute Gasteiger partial charge is 0.251 e. The van der Waals surface area contributed by atoms with Crippen LogP contribution in [0.25, 0.3) is 0 Å². The molecule has 1 aromatic rings. The second-order valence-corrected chi connectivity index (χ2v) is 6.37. The Morgan fingerprint density at radius 3 is 2.38 bits per heavy atom. The first kappa shape index (κ1) is 20.5. The highest BCUT2D eigenvalue weighted by molar-refractivity contribution is 5.97. The van der Waals surface area contributed by atoms with Crippen LogP contribution < -0.4 is 11.1 Å². The topological polar surface area (TPSA) is 75.4 Å². The lowest BCUT2D eigenvalue weighted by atomic mass is 9.96. The van der Waals surface area contributed by atoms with Gasteiger partial charge in [0.15, 0.2) is 0 Å². The number of carbonyl (C=O) groups excluding carboxylic acids is 2. The predicted octanol–water partition coefficient (Wildman–Crippen LogP) is 2.20. The Labute approximate surface area is 150 Å². The van der Waals surface area contributed by atoms with E-state index >= 15 is 0 Å². The highest BCUT2D eigenvalue weighted by atomic mass is 35.5. The third kappa shape index (κ3) is 5.21. The van der Waals surface area contributed by atoms with Crippen LogP contribution in [-0.2, 0) is 4.79 Å². The molecule has 1 aromatic carbocycles. The van der Waals surface area contributed by atoms with Crippen molar-refractivity contribution in [2.75, 3.05) is 13.1 Å². The van der Waals surface area contributed by atoms with Crippen molar-refractivity contribution in [1.29, 1.82) is 0 Å². The Bertz CT molecular complexity index is 530. The number of hydrogen-bond donors (Lipinski definition) is 2. The molecule has 1 saturated heterocycles. The largest absolute Gasteiger partial charge is 0.341 e. The molecule has 134 valence electrons. The summed E-state index contributed by atoms with van der Waals surface area (Å²) in [5, 5.41) is 2.93. The normalized spacial score (nSPS) is 17.5. The van der Waals surface area contributed by atoms with Gasteiger partial charge in [0.05, 0.1) is 0 Å². The molecule has 0 aromatic heterocycles. The van der Waals surface area contributed by atoms with Gasteiger partial charge in [-0.15, -0.1) is 12.4 Å². The van der Waals surface area contributed by atoms with Crippen molar-refractivity contribution in [3.63, 3.8) is 0 Å². The van der Waals surface area contributed by atoms with E-state index in [2.05, 4.69) is 5.32 Å². The fourth-order valence-electron chi connectivity index (χ4n) is 2.81. The van der Waals surface area contributed by atoms with Crippen LogP contribution in [0.1, 0.15) is 43.5 Å². The minimum Gasteiger partial charge on any atom is -0.341 e. The van der Waals surface area contributed by atoms with E-state index < -0.39 is 6.04 Å². The maximum atomic E-state index is 12.8. The zero-order chi connectivity index (χ0) is 16.8. The van der Waals surface area contributed by atoms with Gasteiger partial charge < -0.3 is 16.0 Å². The van der Waals surface area contributed by atoms with Crippen LogP contribution in [0.15, 0.2) is 30.3 Å². The molecule has 1 aliphatic heterocycles. The summed E-state index contributed by atoms with van der Waals surface area (Å²) in [5.74, 6) is -0.0979. The molecule has 2 amide bonds. The van der Waals surface area contributed by atoms with Gasteiger partial charge in [-0.1, -0.05) is 38.5 Å². The summed E-state index contributed by atoms with van der Waals surface area (Å²) in [6.45, 7) is 5.39. The molecule has 0 bridgehead atoms. The van der Waals surface area contributed by atoms with Crippen LogP contribution in [0.4, 0.5) is 0 Å². The number of halogens is 1. The SMILES string of the molecule is CCC(C)C(NC(=O)c1ccccc1)C(=O)N1CCC(N)CC1.Cl. The fraction of sp³-hybridized carbons (Fsp3) is 0.556. The van der Waals surface area contributed by atoms with Crippen molar-refractivity contribution in [3.8, 4) is 0 Å². The Kier molecular flexibility index (Phi) is 8.22. The highest BCUT2D eigenvalue weighted by Crippen LogP contribution is 2.16. The van der Waals surface area contributed by atoms with Crippen LogP contribution in [0.3, 0.4) is 0 Å². The van der Waals surface area contributed by atoms with E-state index in [-0.39, 0.29) is 36.2 Å². The van der Waals surface area contributed by atoms with Crippen molar-refractivity contribution in [3.05, 3.63) is 35.9 Å². The van der Waals surface area contributed by atoms with Crippen molar-refractivity contribution < 1.29 is 9.59 Å². The molecule has 0 radical (unpaired) electrons. The van der Waals surface area contributed by atoms with Crippen LogP contribution in [0.5, 0.6) is 0 Å². The number of hydrogen-bond acceptors (Lipinski definition) is 3. The molecular formula is C18H28ClN3O2.